The van der Waals surface area contributed by atoms with Crippen LogP contribution in [0.4, 0.5) is 0 Å². The van der Waals surface area contributed by atoms with E-state index >= 15 is 0 Å². The highest BCUT2D eigenvalue weighted by atomic mass is 32.1. The summed E-state index contributed by atoms with van der Waals surface area (Å²) in [5.41, 5.74) is 0.825. The van der Waals surface area contributed by atoms with E-state index in [1.54, 1.807) is 37.0 Å². The lowest BCUT2D eigenvalue weighted by atomic mass is 10.3. The van der Waals surface area contributed by atoms with Gasteiger partial charge in [0.2, 0.25) is 4.77 Å². The van der Waals surface area contributed by atoms with E-state index in [9.17, 15) is 0 Å². The molecule has 0 radical (unpaired) electrons. The van der Waals surface area contributed by atoms with Gasteiger partial charge in [-0.1, -0.05) is 0 Å². The van der Waals surface area contributed by atoms with Crippen molar-refractivity contribution in [1.82, 2.24) is 19.9 Å². The Kier molecular flexibility index (Phi) is 3.03. The fourth-order valence-corrected chi connectivity index (χ4v) is 1.74. The number of hydrogen-bond acceptors (Lipinski definition) is 5. The molecular formula is C12H9N5OS. The molecule has 1 N–H and O–H groups in total. The number of pyridine rings is 1. The van der Waals surface area contributed by atoms with Gasteiger partial charge in [-0.3, -0.25) is 4.98 Å². The van der Waals surface area contributed by atoms with Crippen molar-refractivity contribution in [1.29, 1.82) is 0 Å². The summed E-state index contributed by atoms with van der Waals surface area (Å²) in [6, 6.07) is 7.31. The van der Waals surface area contributed by atoms with Crippen molar-refractivity contribution in [2.24, 2.45) is 5.10 Å². The molecule has 3 aromatic heterocycles. The van der Waals surface area contributed by atoms with E-state index in [1.165, 1.54) is 4.68 Å². The van der Waals surface area contributed by atoms with E-state index in [1.807, 2.05) is 12.1 Å². The second-order valence-electron chi connectivity index (χ2n) is 3.67. The number of hydrogen-bond donors (Lipinski definition) is 1. The smallest absolute Gasteiger partial charge is 0.216 e. The third-order valence-corrected chi connectivity index (χ3v) is 2.68. The maximum absolute atomic E-state index is 5.18. The number of rotatable bonds is 3. The predicted octanol–water partition coefficient (Wildman–Crippen LogP) is 2.48. The van der Waals surface area contributed by atoms with Gasteiger partial charge < -0.3 is 4.42 Å². The average molecular weight is 271 g/mol. The molecule has 7 heteroatoms. The first kappa shape index (κ1) is 11.5. The topological polar surface area (TPSA) is 72.0 Å². The standard InChI is InChI=1S/C12H9N5OS/c19-12-16-15-11(9-3-1-5-13-7-9)17(12)14-8-10-4-2-6-18-10/h1-8H,(H,16,19). The van der Waals surface area contributed by atoms with Gasteiger partial charge in [0, 0.05) is 18.0 Å². The molecule has 94 valence electrons. The van der Waals surface area contributed by atoms with Gasteiger partial charge in [-0.2, -0.15) is 14.9 Å². The van der Waals surface area contributed by atoms with Crippen LogP contribution in [0.5, 0.6) is 0 Å². The molecule has 3 heterocycles. The Balaban J connectivity index is 2.02. The van der Waals surface area contributed by atoms with Crippen LogP contribution in [0.1, 0.15) is 5.76 Å². The lowest BCUT2D eigenvalue weighted by Gasteiger charge is -1.99. The first-order chi connectivity index (χ1) is 9.34. The zero-order valence-corrected chi connectivity index (χ0v) is 10.5. The fourth-order valence-electron chi connectivity index (χ4n) is 1.56. The van der Waals surface area contributed by atoms with Crippen LogP contribution in [-0.4, -0.2) is 26.1 Å². The predicted molar refractivity (Wildman–Crippen MR) is 72.3 cm³/mol. The van der Waals surface area contributed by atoms with Crippen molar-refractivity contribution in [3.05, 3.63) is 53.5 Å². The van der Waals surface area contributed by atoms with E-state index in [-0.39, 0.29) is 0 Å². The Morgan fingerprint density at radius 2 is 2.32 bits per heavy atom. The van der Waals surface area contributed by atoms with Crippen LogP contribution in [0, 0.1) is 4.77 Å². The molecule has 19 heavy (non-hydrogen) atoms. The van der Waals surface area contributed by atoms with Crippen LogP contribution in [0.3, 0.4) is 0 Å². The third kappa shape index (κ3) is 2.36. The maximum atomic E-state index is 5.18. The number of H-pyrrole nitrogens is 1. The van der Waals surface area contributed by atoms with Crippen LogP contribution in [0.2, 0.25) is 0 Å². The van der Waals surface area contributed by atoms with Crippen LogP contribution in [-0.2, 0) is 0 Å². The molecule has 0 spiro atoms. The Labute approximate surface area is 113 Å². The number of furan rings is 1. The molecule has 3 rings (SSSR count). The minimum Gasteiger partial charge on any atom is -0.463 e. The van der Waals surface area contributed by atoms with Gasteiger partial charge in [0.15, 0.2) is 5.82 Å². The number of nitrogens with one attached hydrogen (secondary N) is 1. The van der Waals surface area contributed by atoms with E-state index in [2.05, 4.69) is 20.3 Å². The molecule has 0 fully saturated rings. The van der Waals surface area contributed by atoms with E-state index in [0.29, 0.717) is 16.4 Å². The molecule has 0 aromatic carbocycles. The van der Waals surface area contributed by atoms with Gasteiger partial charge in [-0.25, -0.2) is 5.10 Å². The quantitative estimate of drug-likeness (QED) is 0.586. The normalized spacial score (nSPS) is 11.2. The number of aromatic nitrogens is 4. The van der Waals surface area contributed by atoms with Gasteiger partial charge >= 0.3 is 0 Å². The lowest BCUT2D eigenvalue weighted by molar-refractivity contribution is 0.559. The molecular weight excluding hydrogens is 262 g/mol. The molecule has 0 saturated heterocycles. The van der Waals surface area contributed by atoms with Crippen molar-refractivity contribution in [3.8, 4) is 11.4 Å². The van der Waals surface area contributed by atoms with Gasteiger partial charge in [0.25, 0.3) is 0 Å². The Morgan fingerprint density at radius 3 is 3.05 bits per heavy atom. The molecule has 0 saturated carbocycles. The van der Waals surface area contributed by atoms with Crippen LogP contribution < -0.4 is 0 Å². The first-order valence-corrected chi connectivity index (χ1v) is 5.91. The summed E-state index contributed by atoms with van der Waals surface area (Å²) < 4.78 is 7.10. The minimum absolute atomic E-state index is 0.404. The number of nitrogens with zero attached hydrogens (tertiary/aromatic N) is 4. The summed E-state index contributed by atoms with van der Waals surface area (Å²) in [4.78, 5) is 4.05. The second kappa shape index (κ2) is 4.99. The van der Waals surface area contributed by atoms with Crippen molar-refractivity contribution in [3.63, 3.8) is 0 Å². The Morgan fingerprint density at radius 1 is 1.37 bits per heavy atom. The van der Waals surface area contributed by atoms with Crippen molar-refractivity contribution >= 4 is 18.4 Å². The van der Waals surface area contributed by atoms with Gasteiger partial charge in [-0.05, 0) is 36.5 Å². The third-order valence-electron chi connectivity index (χ3n) is 2.41. The van der Waals surface area contributed by atoms with Crippen molar-refractivity contribution < 1.29 is 4.42 Å². The van der Waals surface area contributed by atoms with Gasteiger partial charge in [0.05, 0.1) is 12.5 Å². The molecule has 0 aliphatic heterocycles. The van der Waals surface area contributed by atoms with E-state index in [0.717, 1.165) is 5.56 Å². The maximum Gasteiger partial charge on any atom is 0.216 e. The monoisotopic (exact) mass is 271 g/mol. The Bertz CT molecular complexity index is 742. The van der Waals surface area contributed by atoms with Gasteiger partial charge in [0.1, 0.15) is 5.76 Å². The van der Waals surface area contributed by atoms with Crippen LogP contribution >= 0.6 is 12.2 Å². The summed E-state index contributed by atoms with van der Waals surface area (Å²) in [7, 11) is 0. The highest BCUT2D eigenvalue weighted by Crippen LogP contribution is 2.15. The largest absolute Gasteiger partial charge is 0.463 e. The van der Waals surface area contributed by atoms with Crippen LogP contribution in [0.25, 0.3) is 11.4 Å². The fraction of sp³-hybridized carbons (Fsp3) is 0. The molecule has 0 amide bonds. The lowest BCUT2D eigenvalue weighted by Crippen LogP contribution is -1.94. The molecule has 3 aromatic rings. The summed E-state index contributed by atoms with van der Waals surface area (Å²) in [5.74, 6) is 1.24. The highest BCUT2D eigenvalue weighted by molar-refractivity contribution is 7.71. The zero-order chi connectivity index (χ0) is 13.1. The molecule has 0 atom stereocenters. The second-order valence-corrected chi connectivity index (χ2v) is 4.05. The van der Waals surface area contributed by atoms with E-state index in [4.69, 9.17) is 16.6 Å². The van der Waals surface area contributed by atoms with Gasteiger partial charge in [-0.15, -0.1) is 0 Å². The molecule has 0 unspecified atom stereocenters. The average Bonchev–Trinajstić information content (AvgIpc) is 3.07. The number of aromatic amines is 1. The minimum atomic E-state index is 0.404. The van der Waals surface area contributed by atoms with Crippen molar-refractivity contribution in [2.75, 3.05) is 0 Å². The molecule has 6 nitrogen and oxygen atoms in total. The zero-order valence-electron chi connectivity index (χ0n) is 9.72. The summed E-state index contributed by atoms with van der Waals surface area (Å²) >= 11 is 5.15. The van der Waals surface area contributed by atoms with E-state index < -0.39 is 0 Å². The summed E-state index contributed by atoms with van der Waals surface area (Å²) in [6.07, 6.45) is 6.55. The van der Waals surface area contributed by atoms with Crippen molar-refractivity contribution in [2.45, 2.75) is 0 Å². The highest BCUT2D eigenvalue weighted by Gasteiger charge is 2.07. The van der Waals surface area contributed by atoms with Crippen LogP contribution in [0.15, 0.2) is 52.4 Å². The molecule has 0 aliphatic carbocycles. The molecule has 0 bridgehead atoms. The summed E-state index contributed by atoms with van der Waals surface area (Å²) in [5, 5.41) is 11.1. The molecule has 0 aliphatic rings. The Hall–Kier alpha value is -2.54. The SMILES string of the molecule is S=c1[nH]nc(-c2cccnc2)n1N=Cc1ccco1. The summed E-state index contributed by atoms with van der Waals surface area (Å²) in [6.45, 7) is 0. The first-order valence-electron chi connectivity index (χ1n) is 5.50.